The van der Waals surface area contributed by atoms with Crippen molar-refractivity contribution in [3.8, 4) is 0 Å². The zero-order chi connectivity index (χ0) is 13.3. The van der Waals surface area contributed by atoms with E-state index in [0.29, 0.717) is 11.1 Å². The van der Waals surface area contributed by atoms with Gasteiger partial charge < -0.3 is 5.11 Å². The predicted molar refractivity (Wildman–Crippen MR) is 68.0 cm³/mol. The first kappa shape index (κ1) is 13.1. The fourth-order valence-electron chi connectivity index (χ4n) is 1.87. The minimum Gasteiger partial charge on any atom is -0.388 e. The lowest BCUT2D eigenvalue weighted by Crippen LogP contribution is -2.05. The van der Waals surface area contributed by atoms with Crippen LogP contribution in [0.3, 0.4) is 0 Å². The van der Waals surface area contributed by atoms with E-state index in [2.05, 4.69) is 5.10 Å². The highest BCUT2D eigenvalue weighted by Gasteiger charge is 2.17. The minimum absolute atomic E-state index is 0.0719. The van der Waals surface area contributed by atoms with E-state index < -0.39 is 11.9 Å². The average molecular weight is 269 g/mol. The fraction of sp³-hybridized carbons (Fsp3) is 0.308. The first-order valence-electron chi connectivity index (χ1n) is 5.60. The van der Waals surface area contributed by atoms with Gasteiger partial charge in [-0.25, -0.2) is 4.39 Å². The van der Waals surface area contributed by atoms with Gasteiger partial charge in [0.2, 0.25) is 0 Å². The molecule has 0 saturated carbocycles. The van der Waals surface area contributed by atoms with Gasteiger partial charge in [0, 0.05) is 24.7 Å². The Morgan fingerprint density at radius 3 is 2.83 bits per heavy atom. The molecule has 0 saturated heterocycles. The van der Waals surface area contributed by atoms with Gasteiger partial charge >= 0.3 is 0 Å². The maximum absolute atomic E-state index is 13.7. The lowest BCUT2D eigenvalue weighted by atomic mass is 10.0. The smallest absolute Gasteiger partial charge is 0.145 e. The molecule has 0 aliphatic carbocycles. The second-order valence-electron chi connectivity index (χ2n) is 4.24. The van der Waals surface area contributed by atoms with Gasteiger partial charge in [-0.3, -0.25) is 4.68 Å². The van der Waals surface area contributed by atoms with Crippen molar-refractivity contribution in [1.82, 2.24) is 9.78 Å². The van der Waals surface area contributed by atoms with Crippen molar-refractivity contribution in [2.24, 2.45) is 7.05 Å². The fourth-order valence-corrected chi connectivity index (χ4v) is 2.06. The SMILES string of the molecule is Cc1c(C(O)Cc2cccc(Cl)c2F)cnn1C. The molecule has 0 spiro atoms. The van der Waals surface area contributed by atoms with Crippen LogP contribution in [0.5, 0.6) is 0 Å². The molecule has 0 aliphatic rings. The molecule has 96 valence electrons. The molecule has 1 unspecified atom stereocenters. The topological polar surface area (TPSA) is 38.1 Å². The van der Waals surface area contributed by atoms with Crippen molar-refractivity contribution in [3.63, 3.8) is 0 Å². The van der Waals surface area contributed by atoms with E-state index in [1.807, 2.05) is 6.92 Å². The molecule has 1 aromatic carbocycles. The van der Waals surface area contributed by atoms with E-state index in [-0.39, 0.29) is 11.4 Å². The van der Waals surface area contributed by atoms with Crippen molar-refractivity contribution in [3.05, 3.63) is 52.1 Å². The summed E-state index contributed by atoms with van der Waals surface area (Å²) in [5.74, 6) is -0.472. The number of hydrogen-bond acceptors (Lipinski definition) is 2. The molecule has 2 rings (SSSR count). The Morgan fingerprint density at radius 1 is 1.50 bits per heavy atom. The molecular weight excluding hydrogens is 255 g/mol. The third-order valence-corrected chi connectivity index (χ3v) is 3.37. The van der Waals surface area contributed by atoms with Gasteiger partial charge in [-0.15, -0.1) is 0 Å². The Hall–Kier alpha value is -1.39. The van der Waals surface area contributed by atoms with Crippen molar-refractivity contribution in [1.29, 1.82) is 0 Å². The largest absolute Gasteiger partial charge is 0.388 e. The Balaban J connectivity index is 2.24. The Labute approximate surface area is 110 Å². The van der Waals surface area contributed by atoms with Crippen LogP contribution in [0.1, 0.15) is 22.9 Å². The van der Waals surface area contributed by atoms with Gasteiger partial charge in [-0.05, 0) is 18.6 Å². The summed E-state index contributed by atoms with van der Waals surface area (Å²) in [6.07, 6.45) is 0.994. The first-order chi connectivity index (χ1) is 8.50. The zero-order valence-corrected chi connectivity index (χ0v) is 10.9. The normalized spacial score (nSPS) is 12.7. The van der Waals surface area contributed by atoms with Gasteiger partial charge in [0.05, 0.1) is 17.3 Å². The number of rotatable bonds is 3. The van der Waals surface area contributed by atoms with Crippen LogP contribution in [0.4, 0.5) is 4.39 Å². The van der Waals surface area contributed by atoms with Crippen LogP contribution in [0.15, 0.2) is 24.4 Å². The van der Waals surface area contributed by atoms with Crippen LogP contribution < -0.4 is 0 Å². The number of aliphatic hydroxyl groups is 1. The highest BCUT2D eigenvalue weighted by molar-refractivity contribution is 6.30. The Kier molecular flexibility index (Phi) is 3.68. The second-order valence-corrected chi connectivity index (χ2v) is 4.65. The molecule has 0 radical (unpaired) electrons. The van der Waals surface area contributed by atoms with Crippen LogP contribution in [0, 0.1) is 12.7 Å². The van der Waals surface area contributed by atoms with E-state index in [4.69, 9.17) is 11.6 Å². The summed E-state index contributed by atoms with van der Waals surface area (Å²) in [6, 6.07) is 4.78. The van der Waals surface area contributed by atoms with Crippen LogP contribution in [0.25, 0.3) is 0 Å². The van der Waals surface area contributed by atoms with Crippen LogP contribution >= 0.6 is 11.6 Å². The molecule has 0 bridgehead atoms. The van der Waals surface area contributed by atoms with Gasteiger partial charge in [0.1, 0.15) is 5.82 Å². The van der Waals surface area contributed by atoms with E-state index in [0.717, 1.165) is 5.69 Å². The monoisotopic (exact) mass is 268 g/mol. The van der Waals surface area contributed by atoms with Gasteiger partial charge in [0.15, 0.2) is 0 Å². The molecule has 1 aromatic heterocycles. The van der Waals surface area contributed by atoms with Gasteiger partial charge in [0.25, 0.3) is 0 Å². The lowest BCUT2D eigenvalue weighted by molar-refractivity contribution is 0.176. The predicted octanol–water partition coefficient (Wildman–Crippen LogP) is 2.80. The van der Waals surface area contributed by atoms with Crippen LogP contribution in [-0.4, -0.2) is 14.9 Å². The molecule has 5 heteroatoms. The maximum atomic E-state index is 13.7. The first-order valence-corrected chi connectivity index (χ1v) is 5.98. The third kappa shape index (κ3) is 2.40. The molecule has 1 heterocycles. The molecule has 1 N–H and O–H groups in total. The van der Waals surface area contributed by atoms with Crippen molar-refractivity contribution in [2.45, 2.75) is 19.4 Å². The number of halogens is 2. The number of aliphatic hydroxyl groups excluding tert-OH is 1. The standard InChI is InChI=1S/C13H14ClFN2O/c1-8-10(7-16-17(8)2)12(18)6-9-4-3-5-11(14)13(9)15/h3-5,7,12,18H,6H2,1-2H3. The molecule has 18 heavy (non-hydrogen) atoms. The summed E-state index contributed by atoms with van der Waals surface area (Å²) < 4.78 is 15.4. The molecule has 1 atom stereocenters. The van der Waals surface area contributed by atoms with E-state index >= 15 is 0 Å². The molecule has 0 fully saturated rings. The molecule has 0 aliphatic heterocycles. The summed E-state index contributed by atoms with van der Waals surface area (Å²) in [5.41, 5.74) is 1.97. The summed E-state index contributed by atoms with van der Waals surface area (Å²) in [5, 5.41) is 14.2. The highest BCUT2D eigenvalue weighted by atomic mass is 35.5. The average Bonchev–Trinajstić information content (AvgIpc) is 2.66. The molecule has 2 aromatic rings. The highest BCUT2D eigenvalue weighted by Crippen LogP contribution is 2.25. The van der Waals surface area contributed by atoms with Crippen molar-refractivity contribution >= 4 is 11.6 Å². The lowest BCUT2D eigenvalue weighted by Gasteiger charge is -2.11. The van der Waals surface area contributed by atoms with Crippen LogP contribution in [-0.2, 0) is 13.5 Å². The number of benzene rings is 1. The summed E-state index contributed by atoms with van der Waals surface area (Å²) >= 11 is 5.71. The summed E-state index contributed by atoms with van der Waals surface area (Å²) in [4.78, 5) is 0. The minimum atomic E-state index is -0.785. The number of aryl methyl sites for hydroxylation is 1. The van der Waals surface area contributed by atoms with E-state index in [9.17, 15) is 9.50 Å². The maximum Gasteiger partial charge on any atom is 0.145 e. The Morgan fingerprint density at radius 2 is 2.22 bits per heavy atom. The van der Waals surface area contributed by atoms with Crippen molar-refractivity contribution < 1.29 is 9.50 Å². The van der Waals surface area contributed by atoms with E-state index in [1.54, 1.807) is 30.1 Å². The molecular formula is C13H14ClFN2O. The second kappa shape index (κ2) is 5.08. The number of aromatic nitrogens is 2. The molecule has 0 amide bonds. The molecule has 3 nitrogen and oxygen atoms in total. The number of nitrogens with zero attached hydrogens (tertiary/aromatic N) is 2. The Bertz CT molecular complexity index is 568. The van der Waals surface area contributed by atoms with Gasteiger partial charge in [-0.2, -0.15) is 5.10 Å². The van der Waals surface area contributed by atoms with E-state index in [1.165, 1.54) is 6.07 Å². The van der Waals surface area contributed by atoms with Crippen LogP contribution in [0.2, 0.25) is 5.02 Å². The van der Waals surface area contributed by atoms with Crippen molar-refractivity contribution in [2.75, 3.05) is 0 Å². The quantitative estimate of drug-likeness (QED) is 0.930. The summed E-state index contributed by atoms with van der Waals surface area (Å²) in [7, 11) is 1.80. The van der Waals surface area contributed by atoms with Gasteiger partial charge in [-0.1, -0.05) is 23.7 Å². The number of hydrogen-bond donors (Lipinski definition) is 1. The summed E-state index contributed by atoms with van der Waals surface area (Å²) in [6.45, 7) is 1.86. The third-order valence-electron chi connectivity index (χ3n) is 3.08. The zero-order valence-electron chi connectivity index (χ0n) is 10.2.